The van der Waals surface area contributed by atoms with Crippen molar-refractivity contribution in [1.29, 1.82) is 0 Å². The lowest BCUT2D eigenvalue weighted by atomic mass is 10.0. The van der Waals surface area contributed by atoms with Crippen molar-refractivity contribution in [2.45, 2.75) is 56.8 Å². The number of nitrogens with two attached hydrogens (primary N) is 2. The number of hydrogen-bond donors (Lipinski definition) is 2. The number of amides is 2. The summed E-state index contributed by atoms with van der Waals surface area (Å²) in [5.74, 6) is -0.316. The van der Waals surface area contributed by atoms with Gasteiger partial charge >= 0.3 is 0 Å². The average molecular weight is 400 g/mol. The highest BCUT2D eigenvalue weighted by molar-refractivity contribution is 5.93. The number of hydrogen-bond acceptors (Lipinski definition) is 5. The van der Waals surface area contributed by atoms with Crippen molar-refractivity contribution in [3.8, 4) is 0 Å². The molecule has 7 heteroatoms. The quantitative estimate of drug-likeness (QED) is 0.705. The molecule has 7 nitrogen and oxygen atoms in total. The van der Waals surface area contributed by atoms with Crippen LogP contribution in [0.2, 0.25) is 0 Å². The molecule has 0 spiro atoms. The Morgan fingerprint density at radius 3 is 2.72 bits per heavy atom. The van der Waals surface area contributed by atoms with Crippen LogP contribution >= 0.6 is 0 Å². The number of fused-ring (bicyclic) bond motifs is 3. The van der Waals surface area contributed by atoms with E-state index in [4.69, 9.17) is 11.5 Å². The van der Waals surface area contributed by atoms with Gasteiger partial charge in [-0.3, -0.25) is 19.4 Å². The lowest BCUT2D eigenvalue weighted by Gasteiger charge is -2.38. The van der Waals surface area contributed by atoms with Crippen LogP contribution in [0.25, 0.3) is 0 Å². The summed E-state index contributed by atoms with van der Waals surface area (Å²) in [6, 6.07) is 6.89. The molecule has 2 amide bonds. The summed E-state index contributed by atoms with van der Waals surface area (Å²) in [6.45, 7) is 5.47. The van der Waals surface area contributed by atoms with Gasteiger partial charge in [0, 0.05) is 56.9 Å². The molecule has 2 saturated heterocycles. The van der Waals surface area contributed by atoms with Crippen LogP contribution in [-0.2, 0) is 11.2 Å². The Hall–Kier alpha value is -1.96. The lowest BCUT2D eigenvalue weighted by Crippen LogP contribution is -2.54. The van der Waals surface area contributed by atoms with E-state index >= 15 is 0 Å². The first-order chi connectivity index (χ1) is 13.9. The Bertz CT molecular complexity index is 797. The van der Waals surface area contributed by atoms with Gasteiger partial charge in [-0.05, 0) is 48.9 Å². The minimum atomic E-state index is -0.446. The SMILES string of the molecule is CCCN(C)C(=O)[C@@H](N)CN1CC2C[C@H]1CN2[C@@H]1CCc2cc(C(N)=O)ccc21. The predicted octanol–water partition coefficient (Wildman–Crippen LogP) is 0.727. The van der Waals surface area contributed by atoms with E-state index in [1.165, 1.54) is 11.1 Å². The number of likely N-dealkylation sites (N-methyl/N-ethyl adjacent to an activating group) is 1. The summed E-state index contributed by atoms with van der Waals surface area (Å²) in [7, 11) is 1.84. The number of benzene rings is 1. The fraction of sp³-hybridized carbons (Fsp3) is 0.636. The fourth-order valence-corrected chi connectivity index (χ4v) is 5.54. The fourth-order valence-electron chi connectivity index (χ4n) is 5.54. The Morgan fingerprint density at radius 1 is 1.28 bits per heavy atom. The van der Waals surface area contributed by atoms with Gasteiger partial charge in [0.2, 0.25) is 11.8 Å². The molecule has 4 atom stereocenters. The molecular weight excluding hydrogens is 366 g/mol. The third-order valence-electron chi connectivity index (χ3n) is 6.95. The summed E-state index contributed by atoms with van der Waals surface area (Å²) in [5, 5.41) is 0. The number of primary amides is 1. The molecule has 1 unspecified atom stereocenters. The zero-order valence-electron chi connectivity index (χ0n) is 17.5. The summed E-state index contributed by atoms with van der Waals surface area (Å²) >= 11 is 0. The second kappa shape index (κ2) is 8.05. The lowest BCUT2D eigenvalue weighted by molar-refractivity contribution is -0.131. The molecule has 1 aromatic carbocycles. The van der Waals surface area contributed by atoms with E-state index in [-0.39, 0.29) is 11.8 Å². The third-order valence-corrected chi connectivity index (χ3v) is 6.95. The van der Waals surface area contributed by atoms with Gasteiger partial charge in [0.25, 0.3) is 0 Å². The molecule has 1 aromatic rings. The number of nitrogens with zero attached hydrogens (tertiary/aromatic N) is 3. The molecule has 158 valence electrons. The highest BCUT2D eigenvalue weighted by Crippen LogP contribution is 2.43. The second-order valence-electron chi connectivity index (χ2n) is 8.89. The molecule has 1 aliphatic carbocycles. The first-order valence-corrected chi connectivity index (χ1v) is 10.8. The highest BCUT2D eigenvalue weighted by atomic mass is 16.2. The summed E-state index contributed by atoms with van der Waals surface area (Å²) in [4.78, 5) is 30.7. The molecule has 2 heterocycles. The van der Waals surface area contributed by atoms with Crippen LogP contribution in [0.15, 0.2) is 18.2 Å². The van der Waals surface area contributed by atoms with E-state index in [0.717, 1.165) is 45.3 Å². The zero-order valence-corrected chi connectivity index (χ0v) is 17.5. The van der Waals surface area contributed by atoms with Crippen molar-refractivity contribution in [2.75, 3.05) is 33.2 Å². The molecule has 2 aliphatic heterocycles. The first-order valence-electron chi connectivity index (χ1n) is 10.8. The monoisotopic (exact) mass is 399 g/mol. The third kappa shape index (κ3) is 3.79. The second-order valence-corrected chi connectivity index (χ2v) is 8.89. The summed E-state index contributed by atoms with van der Waals surface area (Å²) in [6.07, 6.45) is 4.20. The number of likely N-dealkylation sites (tertiary alicyclic amines) is 2. The minimum absolute atomic E-state index is 0.0430. The Labute approximate surface area is 173 Å². The molecule has 0 aromatic heterocycles. The Morgan fingerprint density at radius 2 is 2.07 bits per heavy atom. The number of aryl methyl sites for hydroxylation is 1. The standard InChI is InChI=1S/C22H33N5O2/c1-3-8-25(2)22(29)19(23)13-26-11-17-10-16(26)12-27(17)20-7-5-14-9-15(21(24)28)4-6-18(14)20/h4,6,9,16-17,19-20H,3,5,7-8,10-13,23H2,1-2H3,(H2,24,28)/t16-,17?,19-,20+/m0/s1. The van der Waals surface area contributed by atoms with Gasteiger partial charge in [-0.2, -0.15) is 0 Å². The molecular formula is C22H33N5O2. The van der Waals surface area contributed by atoms with Gasteiger partial charge in [-0.25, -0.2) is 0 Å². The smallest absolute Gasteiger partial charge is 0.248 e. The van der Waals surface area contributed by atoms with Gasteiger partial charge in [0.05, 0.1) is 6.04 Å². The average Bonchev–Trinajstić information content (AvgIpc) is 3.40. The maximum atomic E-state index is 12.4. The molecule has 0 radical (unpaired) electrons. The van der Waals surface area contributed by atoms with Crippen LogP contribution in [0.4, 0.5) is 0 Å². The largest absolute Gasteiger partial charge is 0.366 e. The van der Waals surface area contributed by atoms with Crippen molar-refractivity contribution in [2.24, 2.45) is 11.5 Å². The highest BCUT2D eigenvalue weighted by Gasteiger charge is 2.47. The van der Waals surface area contributed by atoms with E-state index in [1.54, 1.807) is 4.90 Å². The summed E-state index contributed by atoms with van der Waals surface area (Å²) in [5.41, 5.74) is 14.9. The van der Waals surface area contributed by atoms with Gasteiger partial charge in [0.15, 0.2) is 0 Å². The maximum Gasteiger partial charge on any atom is 0.248 e. The van der Waals surface area contributed by atoms with E-state index < -0.39 is 6.04 Å². The van der Waals surface area contributed by atoms with Crippen molar-refractivity contribution in [3.05, 3.63) is 34.9 Å². The molecule has 29 heavy (non-hydrogen) atoms. The van der Waals surface area contributed by atoms with Gasteiger partial charge in [0.1, 0.15) is 0 Å². The van der Waals surface area contributed by atoms with Crippen molar-refractivity contribution in [1.82, 2.24) is 14.7 Å². The van der Waals surface area contributed by atoms with Gasteiger partial charge < -0.3 is 16.4 Å². The van der Waals surface area contributed by atoms with Crippen LogP contribution in [0.5, 0.6) is 0 Å². The Kier molecular flexibility index (Phi) is 5.64. The number of rotatable bonds is 7. The molecule has 2 fully saturated rings. The van der Waals surface area contributed by atoms with Gasteiger partial charge in [-0.1, -0.05) is 13.0 Å². The van der Waals surface area contributed by atoms with Gasteiger partial charge in [-0.15, -0.1) is 0 Å². The van der Waals surface area contributed by atoms with Crippen molar-refractivity contribution >= 4 is 11.8 Å². The number of carbonyl (C=O) groups excluding carboxylic acids is 2. The van der Waals surface area contributed by atoms with Crippen molar-refractivity contribution in [3.63, 3.8) is 0 Å². The molecule has 4 N–H and O–H groups in total. The molecule has 4 rings (SSSR count). The Balaban J connectivity index is 1.37. The van der Waals surface area contributed by atoms with E-state index in [0.29, 0.717) is 30.2 Å². The molecule has 0 saturated carbocycles. The van der Waals surface area contributed by atoms with Crippen LogP contribution < -0.4 is 11.5 Å². The van der Waals surface area contributed by atoms with E-state index in [1.807, 2.05) is 19.2 Å². The van der Waals surface area contributed by atoms with Crippen LogP contribution in [-0.4, -0.2) is 77.9 Å². The topological polar surface area (TPSA) is 95.9 Å². The molecule has 3 aliphatic rings. The van der Waals surface area contributed by atoms with E-state index in [2.05, 4.69) is 22.8 Å². The first kappa shape index (κ1) is 20.3. The summed E-state index contributed by atoms with van der Waals surface area (Å²) < 4.78 is 0. The normalized spacial score (nSPS) is 27.2. The number of piperazine rings is 1. The van der Waals surface area contributed by atoms with Crippen LogP contribution in [0, 0.1) is 0 Å². The van der Waals surface area contributed by atoms with Crippen molar-refractivity contribution < 1.29 is 9.59 Å². The zero-order chi connectivity index (χ0) is 20.7. The van der Waals surface area contributed by atoms with Crippen LogP contribution in [0.3, 0.4) is 0 Å². The maximum absolute atomic E-state index is 12.4. The van der Waals surface area contributed by atoms with Crippen LogP contribution in [0.1, 0.15) is 53.7 Å². The van der Waals surface area contributed by atoms with E-state index in [9.17, 15) is 9.59 Å². The predicted molar refractivity (Wildman–Crippen MR) is 112 cm³/mol. The number of carbonyl (C=O) groups is 2. The minimum Gasteiger partial charge on any atom is -0.366 e. The molecule has 2 bridgehead atoms.